The quantitative estimate of drug-likeness (QED) is 0.335. The van der Waals surface area contributed by atoms with Crippen molar-refractivity contribution in [1.29, 1.82) is 0 Å². The Kier molecular flexibility index (Phi) is 5.78. The Balaban J connectivity index is 1.92. The molecule has 0 radical (unpaired) electrons. The van der Waals surface area contributed by atoms with Crippen LogP contribution in [0.4, 0.5) is 0 Å². The third-order valence-electron chi connectivity index (χ3n) is 4.81. The summed E-state index contributed by atoms with van der Waals surface area (Å²) >= 11 is 0. The van der Waals surface area contributed by atoms with Crippen LogP contribution in [0.5, 0.6) is 5.75 Å². The van der Waals surface area contributed by atoms with Gasteiger partial charge in [-0.15, -0.1) is 0 Å². The molecule has 138 valence electrons. The Morgan fingerprint density at radius 3 is 2.63 bits per heavy atom. The van der Waals surface area contributed by atoms with Crippen molar-refractivity contribution in [3.63, 3.8) is 0 Å². The van der Waals surface area contributed by atoms with Gasteiger partial charge in [0.2, 0.25) is 0 Å². The van der Waals surface area contributed by atoms with Crippen molar-refractivity contribution in [2.24, 2.45) is 0 Å². The van der Waals surface area contributed by atoms with Crippen LogP contribution in [0, 0.1) is 11.8 Å². The minimum atomic E-state index is 0.0260. The molecule has 0 heterocycles. The third-order valence-corrected chi connectivity index (χ3v) is 4.81. The number of carbonyl (C=O) groups excluding carboxylic acids is 1. The van der Waals surface area contributed by atoms with Crippen LogP contribution in [0.2, 0.25) is 0 Å². The van der Waals surface area contributed by atoms with Gasteiger partial charge in [0.15, 0.2) is 13.1 Å². The van der Waals surface area contributed by atoms with E-state index < -0.39 is 0 Å². The maximum absolute atomic E-state index is 10.5. The molecule has 0 N–H and O–H groups in total. The fourth-order valence-electron chi connectivity index (χ4n) is 3.30. The van der Waals surface area contributed by atoms with Crippen molar-refractivity contribution in [3.05, 3.63) is 70.8 Å². The lowest BCUT2D eigenvalue weighted by Gasteiger charge is -2.32. The highest BCUT2D eigenvalue weighted by Gasteiger charge is 2.28. The predicted octanol–water partition coefficient (Wildman–Crippen LogP) is 4.72. The normalized spacial score (nSPS) is 14.4. The monoisotopic (exact) mass is 360 g/mol. The number of aldehydes is 1. The summed E-state index contributed by atoms with van der Waals surface area (Å²) in [6.07, 6.45) is 3.88. The number of fused-ring (bicyclic) bond motifs is 1. The molecular formula is C24H24O3. The number of allylic oxidation sites excluding steroid dienone is 1. The molecule has 0 saturated heterocycles. The second kappa shape index (κ2) is 8.24. The lowest BCUT2D eigenvalue weighted by molar-refractivity contribution is -0.103. The molecule has 0 spiro atoms. The van der Waals surface area contributed by atoms with E-state index in [0.717, 1.165) is 23.3 Å². The Labute approximate surface area is 161 Å². The number of hydrogen-bond donors (Lipinski definition) is 0. The lowest BCUT2D eigenvalue weighted by atomic mass is 9.72. The number of carbonyl (C=O) groups is 1. The van der Waals surface area contributed by atoms with Gasteiger partial charge in [0.05, 0.1) is 0 Å². The molecule has 27 heavy (non-hydrogen) atoms. The molecule has 0 bridgehead atoms. The Hall–Kier alpha value is -2.83. The molecule has 0 aromatic heterocycles. The van der Waals surface area contributed by atoms with Crippen LogP contribution in [-0.4, -0.2) is 19.7 Å². The second-order valence-corrected chi connectivity index (χ2v) is 7.13. The summed E-state index contributed by atoms with van der Waals surface area (Å²) in [4.78, 5) is 10.5. The van der Waals surface area contributed by atoms with Gasteiger partial charge >= 0.3 is 0 Å². The van der Waals surface area contributed by atoms with E-state index in [1.165, 1.54) is 16.7 Å². The van der Waals surface area contributed by atoms with Crippen LogP contribution in [0.1, 0.15) is 49.4 Å². The number of hydrogen-bond acceptors (Lipinski definition) is 3. The zero-order valence-corrected chi connectivity index (χ0v) is 16.0. The van der Waals surface area contributed by atoms with E-state index in [1.54, 1.807) is 0 Å². The van der Waals surface area contributed by atoms with E-state index in [2.05, 4.69) is 56.0 Å². The average molecular weight is 360 g/mol. The Morgan fingerprint density at radius 1 is 1.15 bits per heavy atom. The van der Waals surface area contributed by atoms with E-state index in [1.807, 2.05) is 25.1 Å². The first-order valence-corrected chi connectivity index (χ1v) is 9.16. The Morgan fingerprint density at radius 2 is 1.93 bits per heavy atom. The number of rotatable bonds is 5. The van der Waals surface area contributed by atoms with Gasteiger partial charge in [-0.25, -0.2) is 0 Å². The molecule has 3 nitrogen and oxygen atoms in total. The maximum Gasteiger partial charge on any atom is 0.193 e. The number of benzene rings is 2. The maximum atomic E-state index is 10.5. The van der Waals surface area contributed by atoms with Crippen molar-refractivity contribution in [1.82, 2.24) is 0 Å². The van der Waals surface area contributed by atoms with Crippen molar-refractivity contribution in [2.75, 3.05) is 13.4 Å². The zero-order valence-electron chi connectivity index (χ0n) is 16.0. The summed E-state index contributed by atoms with van der Waals surface area (Å²) < 4.78 is 10.8. The van der Waals surface area contributed by atoms with Crippen molar-refractivity contribution < 1.29 is 14.3 Å². The molecule has 1 aliphatic rings. The van der Waals surface area contributed by atoms with E-state index in [0.29, 0.717) is 12.9 Å². The van der Waals surface area contributed by atoms with Crippen molar-refractivity contribution in [2.45, 2.75) is 32.6 Å². The minimum Gasteiger partial charge on any atom is -0.468 e. The van der Waals surface area contributed by atoms with Gasteiger partial charge in [0.1, 0.15) is 5.75 Å². The molecule has 0 amide bonds. The molecule has 3 rings (SSSR count). The van der Waals surface area contributed by atoms with Crippen molar-refractivity contribution in [3.8, 4) is 17.6 Å². The van der Waals surface area contributed by atoms with Crippen LogP contribution < -0.4 is 4.74 Å². The van der Waals surface area contributed by atoms with Gasteiger partial charge in [-0.05, 0) is 71.2 Å². The third kappa shape index (κ3) is 4.30. The van der Waals surface area contributed by atoms with E-state index in [4.69, 9.17) is 9.47 Å². The summed E-state index contributed by atoms with van der Waals surface area (Å²) in [7, 11) is 0. The van der Waals surface area contributed by atoms with Crippen molar-refractivity contribution >= 4 is 11.9 Å². The molecule has 0 saturated carbocycles. The van der Waals surface area contributed by atoms with Crippen LogP contribution in [0.15, 0.2) is 48.5 Å². The molecule has 0 aliphatic heterocycles. The van der Waals surface area contributed by atoms with Gasteiger partial charge < -0.3 is 9.47 Å². The molecule has 1 aliphatic carbocycles. The standard InChI is InChI=1S/C24H24O3/c1-4-26-17-27-20-10-8-19(9-11-20)21-13-14-24(2,3)23-16-18(6-5-15-25)7-12-22(21)23/h7-13,15-16H,4,14,17H2,1-3H3. The first kappa shape index (κ1) is 18.9. The van der Waals surface area contributed by atoms with E-state index in [9.17, 15) is 4.79 Å². The van der Waals surface area contributed by atoms with Gasteiger partial charge in [-0.2, -0.15) is 0 Å². The van der Waals surface area contributed by atoms with Gasteiger partial charge in [0.25, 0.3) is 0 Å². The fraction of sp³-hybridized carbons (Fsp3) is 0.292. The summed E-state index contributed by atoms with van der Waals surface area (Å²) in [5, 5.41) is 0. The SMILES string of the molecule is CCOCOc1ccc(C2=CCC(C)(C)c3cc(C#CC=O)ccc32)cc1. The Bertz CT molecular complexity index is 909. The highest BCUT2D eigenvalue weighted by Crippen LogP contribution is 2.41. The molecule has 3 heteroatoms. The van der Waals surface area contributed by atoms with E-state index >= 15 is 0 Å². The lowest BCUT2D eigenvalue weighted by Crippen LogP contribution is -2.22. The fourth-order valence-corrected chi connectivity index (χ4v) is 3.30. The molecule has 0 unspecified atom stereocenters. The summed E-state index contributed by atoms with van der Waals surface area (Å²) in [6, 6.07) is 14.3. The van der Waals surface area contributed by atoms with Gasteiger partial charge in [0, 0.05) is 12.2 Å². The summed E-state index contributed by atoms with van der Waals surface area (Å²) in [5.74, 6) is 6.20. The van der Waals surface area contributed by atoms with Crippen LogP contribution in [0.3, 0.4) is 0 Å². The van der Waals surface area contributed by atoms with E-state index in [-0.39, 0.29) is 12.2 Å². The smallest absolute Gasteiger partial charge is 0.193 e. The van der Waals surface area contributed by atoms with Gasteiger partial charge in [-0.3, -0.25) is 4.79 Å². The van der Waals surface area contributed by atoms with Crippen LogP contribution in [-0.2, 0) is 14.9 Å². The number of ether oxygens (including phenoxy) is 2. The average Bonchev–Trinajstić information content (AvgIpc) is 2.68. The molecule has 0 fully saturated rings. The zero-order chi connectivity index (χ0) is 19.3. The van der Waals surface area contributed by atoms with Crippen LogP contribution >= 0.6 is 0 Å². The molecular weight excluding hydrogens is 336 g/mol. The second-order valence-electron chi connectivity index (χ2n) is 7.13. The topological polar surface area (TPSA) is 35.5 Å². The largest absolute Gasteiger partial charge is 0.468 e. The van der Waals surface area contributed by atoms with Crippen LogP contribution in [0.25, 0.3) is 5.57 Å². The summed E-state index contributed by atoms with van der Waals surface area (Å²) in [5.41, 5.74) is 5.74. The predicted molar refractivity (Wildman–Crippen MR) is 108 cm³/mol. The van der Waals surface area contributed by atoms with Gasteiger partial charge in [-0.1, -0.05) is 44.0 Å². The molecule has 2 aromatic rings. The first-order chi connectivity index (χ1) is 13.0. The molecule has 2 aromatic carbocycles. The molecule has 0 atom stereocenters. The highest BCUT2D eigenvalue weighted by atomic mass is 16.7. The first-order valence-electron chi connectivity index (χ1n) is 9.16. The highest BCUT2D eigenvalue weighted by molar-refractivity contribution is 5.84. The minimum absolute atomic E-state index is 0.0260. The summed E-state index contributed by atoms with van der Waals surface area (Å²) in [6.45, 7) is 7.31.